The van der Waals surface area contributed by atoms with E-state index in [4.69, 9.17) is 11.6 Å². The maximum absolute atomic E-state index is 11.9. The van der Waals surface area contributed by atoms with E-state index in [-0.39, 0.29) is 11.8 Å². The first-order chi connectivity index (χ1) is 9.04. The number of benzene rings is 1. The highest BCUT2D eigenvalue weighted by Crippen LogP contribution is 2.19. The quantitative estimate of drug-likeness (QED) is 0.707. The van der Waals surface area contributed by atoms with Gasteiger partial charge in [-0.25, -0.2) is 0 Å². The number of hydrogen-bond acceptors (Lipinski definition) is 2. The molecule has 1 heterocycles. The first kappa shape index (κ1) is 13.8. The lowest BCUT2D eigenvalue weighted by Crippen LogP contribution is -3.16. The zero-order chi connectivity index (χ0) is 13.8. The van der Waals surface area contributed by atoms with Crippen LogP contribution in [0.25, 0.3) is 0 Å². The Bertz CT molecular complexity index is 505. The molecule has 0 aliphatic carbocycles. The molecule has 0 spiro atoms. The molecule has 102 valence electrons. The maximum atomic E-state index is 11.9. The van der Waals surface area contributed by atoms with Crippen LogP contribution >= 0.6 is 11.6 Å². The van der Waals surface area contributed by atoms with Crippen LogP contribution in [0.4, 0.5) is 5.69 Å². The third-order valence-corrected chi connectivity index (χ3v) is 3.32. The summed E-state index contributed by atoms with van der Waals surface area (Å²) >= 11 is 5.86. The molecule has 1 aromatic carbocycles. The number of amides is 2. The van der Waals surface area contributed by atoms with Crippen molar-refractivity contribution in [1.82, 2.24) is 5.32 Å². The normalized spacial score (nSPS) is 18.8. The van der Waals surface area contributed by atoms with Gasteiger partial charge in [0.2, 0.25) is 0 Å². The number of halogens is 1. The van der Waals surface area contributed by atoms with E-state index in [1.54, 1.807) is 18.2 Å². The Hall–Kier alpha value is -1.59. The fourth-order valence-corrected chi connectivity index (χ4v) is 2.32. The molecule has 0 bridgehead atoms. The van der Waals surface area contributed by atoms with Crippen LogP contribution in [0, 0.1) is 6.92 Å². The molecule has 1 unspecified atom stereocenters. The predicted molar refractivity (Wildman–Crippen MR) is 73.4 cm³/mol. The number of carbonyl (C=O) groups is 2. The zero-order valence-corrected chi connectivity index (χ0v) is 11.5. The van der Waals surface area contributed by atoms with Gasteiger partial charge in [-0.15, -0.1) is 0 Å². The lowest BCUT2D eigenvalue weighted by molar-refractivity contribution is -0.885. The van der Waals surface area contributed by atoms with Gasteiger partial charge in [0.25, 0.3) is 11.8 Å². The molecular weight excluding hydrogens is 266 g/mol. The van der Waals surface area contributed by atoms with Gasteiger partial charge < -0.3 is 15.5 Å². The van der Waals surface area contributed by atoms with E-state index in [0.29, 0.717) is 24.7 Å². The van der Waals surface area contributed by atoms with E-state index in [1.807, 2.05) is 6.92 Å². The summed E-state index contributed by atoms with van der Waals surface area (Å²) < 4.78 is 0. The first-order valence-corrected chi connectivity index (χ1v) is 6.58. The minimum Gasteiger partial charge on any atom is -0.346 e. The van der Waals surface area contributed by atoms with Crippen molar-refractivity contribution in [3.63, 3.8) is 0 Å². The molecule has 1 aliphatic heterocycles. The first-order valence-electron chi connectivity index (χ1n) is 6.21. The Kier molecular flexibility index (Phi) is 4.39. The third-order valence-electron chi connectivity index (χ3n) is 3.08. The number of aryl methyl sites for hydroxylation is 1. The molecule has 6 heteroatoms. The molecular formula is C13H17ClN3O2+. The van der Waals surface area contributed by atoms with E-state index in [2.05, 4.69) is 10.6 Å². The highest BCUT2D eigenvalue weighted by atomic mass is 35.5. The molecule has 1 saturated heterocycles. The Balaban J connectivity index is 1.92. The summed E-state index contributed by atoms with van der Waals surface area (Å²) in [6, 6.07) is 5.33. The Labute approximate surface area is 116 Å². The van der Waals surface area contributed by atoms with Gasteiger partial charge in [-0.1, -0.05) is 11.6 Å². The second-order valence-electron chi connectivity index (χ2n) is 4.71. The van der Waals surface area contributed by atoms with Crippen LogP contribution in [0.15, 0.2) is 18.2 Å². The average Bonchev–Trinajstić information content (AvgIpc) is 2.33. The van der Waals surface area contributed by atoms with E-state index >= 15 is 0 Å². The number of nitrogens with one attached hydrogen (secondary N) is 3. The predicted octanol–water partition coefficient (Wildman–Crippen LogP) is -0.398. The molecule has 0 saturated carbocycles. The SMILES string of the molecule is Cc1cc(Cl)ccc1NC(=O)C[NH+]1CCNC(=O)C1. The van der Waals surface area contributed by atoms with E-state index in [9.17, 15) is 9.59 Å². The molecule has 1 aliphatic rings. The summed E-state index contributed by atoms with van der Waals surface area (Å²) in [4.78, 5) is 24.1. The number of rotatable bonds is 3. The van der Waals surface area contributed by atoms with Crippen molar-refractivity contribution < 1.29 is 14.5 Å². The molecule has 0 radical (unpaired) electrons. The van der Waals surface area contributed by atoms with Crippen molar-refractivity contribution in [2.45, 2.75) is 6.92 Å². The zero-order valence-electron chi connectivity index (χ0n) is 10.8. The van der Waals surface area contributed by atoms with Gasteiger partial charge in [0.05, 0.1) is 13.1 Å². The lowest BCUT2D eigenvalue weighted by Gasteiger charge is -2.23. The summed E-state index contributed by atoms with van der Waals surface area (Å²) in [5.41, 5.74) is 1.68. The molecule has 2 amide bonds. The van der Waals surface area contributed by atoms with Crippen molar-refractivity contribution in [2.75, 3.05) is 31.5 Å². The van der Waals surface area contributed by atoms with Crippen molar-refractivity contribution in [1.29, 1.82) is 0 Å². The lowest BCUT2D eigenvalue weighted by atomic mass is 10.2. The maximum Gasteiger partial charge on any atom is 0.279 e. The number of piperazine rings is 1. The highest BCUT2D eigenvalue weighted by Gasteiger charge is 2.22. The van der Waals surface area contributed by atoms with Crippen molar-refractivity contribution >= 4 is 29.1 Å². The second-order valence-corrected chi connectivity index (χ2v) is 5.15. The monoisotopic (exact) mass is 282 g/mol. The molecule has 19 heavy (non-hydrogen) atoms. The minimum atomic E-state index is -0.0878. The molecule has 5 nitrogen and oxygen atoms in total. The van der Waals surface area contributed by atoms with Crippen LogP contribution in [0.5, 0.6) is 0 Å². The third kappa shape index (κ3) is 3.94. The van der Waals surface area contributed by atoms with Crippen LogP contribution in [-0.4, -0.2) is 38.0 Å². The summed E-state index contributed by atoms with van der Waals surface area (Å²) in [7, 11) is 0. The number of hydrogen-bond donors (Lipinski definition) is 3. The van der Waals surface area contributed by atoms with Gasteiger partial charge >= 0.3 is 0 Å². The van der Waals surface area contributed by atoms with Gasteiger partial charge in [-0.3, -0.25) is 9.59 Å². The van der Waals surface area contributed by atoms with Crippen LogP contribution in [-0.2, 0) is 9.59 Å². The average molecular weight is 283 g/mol. The standard InChI is InChI=1S/C13H16ClN3O2/c1-9-6-10(14)2-3-11(9)16-13(19)8-17-5-4-15-12(18)7-17/h2-3,6H,4-5,7-8H2,1H3,(H,15,18)(H,16,19)/p+1. The number of carbonyl (C=O) groups excluding carboxylic acids is 2. The van der Waals surface area contributed by atoms with Gasteiger partial charge in [-0.05, 0) is 30.7 Å². The second kappa shape index (κ2) is 6.04. The van der Waals surface area contributed by atoms with E-state index < -0.39 is 0 Å². The van der Waals surface area contributed by atoms with E-state index in [1.165, 1.54) is 0 Å². The fourth-order valence-electron chi connectivity index (χ4n) is 2.10. The summed E-state index contributed by atoms with van der Waals surface area (Å²) in [6.07, 6.45) is 0. The topological polar surface area (TPSA) is 62.6 Å². The molecule has 0 aromatic heterocycles. The van der Waals surface area contributed by atoms with Gasteiger partial charge in [-0.2, -0.15) is 0 Å². The smallest absolute Gasteiger partial charge is 0.279 e. The number of anilines is 1. The van der Waals surface area contributed by atoms with Crippen LogP contribution in [0.2, 0.25) is 5.02 Å². The summed E-state index contributed by atoms with van der Waals surface area (Å²) in [6.45, 7) is 3.95. The number of quaternary nitrogens is 1. The molecule has 1 atom stereocenters. The molecule has 3 N–H and O–H groups in total. The van der Waals surface area contributed by atoms with Crippen molar-refractivity contribution in [2.24, 2.45) is 0 Å². The van der Waals surface area contributed by atoms with Crippen molar-refractivity contribution in [3.8, 4) is 0 Å². The Morgan fingerprint density at radius 3 is 3.00 bits per heavy atom. The van der Waals surface area contributed by atoms with Gasteiger partial charge in [0, 0.05) is 10.7 Å². The van der Waals surface area contributed by atoms with Crippen LogP contribution in [0.1, 0.15) is 5.56 Å². The molecule has 1 aromatic rings. The Morgan fingerprint density at radius 1 is 1.53 bits per heavy atom. The van der Waals surface area contributed by atoms with Crippen LogP contribution < -0.4 is 15.5 Å². The van der Waals surface area contributed by atoms with Gasteiger partial charge in [0.15, 0.2) is 13.1 Å². The van der Waals surface area contributed by atoms with Crippen molar-refractivity contribution in [3.05, 3.63) is 28.8 Å². The van der Waals surface area contributed by atoms with E-state index in [0.717, 1.165) is 22.7 Å². The Morgan fingerprint density at radius 2 is 2.32 bits per heavy atom. The van der Waals surface area contributed by atoms with Crippen LogP contribution in [0.3, 0.4) is 0 Å². The fraction of sp³-hybridized carbons (Fsp3) is 0.385. The summed E-state index contributed by atoms with van der Waals surface area (Å²) in [5, 5.41) is 6.24. The molecule has 2 rings (SSSR count). The molecule has 1 fully saturated rings. The summed E-state index contributed by atoms with van der Waals surface area (Å²) in [5.74, 6) is -0.0909. The minimum absolute atomic E-state index is 0.00303. The largest absolute Gasteiger partial charge is 0.346 e. The van der Waals surface area contributed by atoms with Gasteiger partial charge in [0.1, 0.15) is 0 Å². The highest BCUT2D eigenvalue weighted by molar-refractivity contribution is 6.30.